The second kappa shape index (κ2) is 10.0. The summed E-state index contributed by atoms with van der Waals surface area (Å²) in [6.07, 6.45) is 0.965. The Labute approximate surface area is 120 Å². The van der Waals surface area contributed by atoms with Crippen LogP contribution < -0.4 is 10.1 Å². The van der Waals surface area contributed by atoms with Crippen molar-refractivity contribution in [1.29, 1.82) is 0 Å². The van der Waals surface area contributed by atoms with E-state index in [9.17, 15) is 0 Å². The fourth-order valence-corrected chi connectivity index (χ4v) is 1.85. The molecule has 0 aromatic heterocycles. The summed E-state index contributed by atoms with van der Waals surface area (Å²) in [5, 5.41) is 4.07. The van der Waals surface area contributed by atoms with E-state index in [1.807, 2.05) is 18.2 Å². The molecule has 1 N–H and O–H groups in total. The second-order valence-corrected chi connectivity index (χ2v) is 4.53. The maximum Gasteiger partial charge on any atom is 0.123 e. The minimum atomic E-state index is 0.646. The molecular weight excluding hydrogens is 266 g/mol. The molecule has 4 nitrogen and oxygen atoms in total. The van der Waals surface area contributed by atoms with Gasteiger partial charge in [-0.25, -0.2) is 0 Å². The highest BCUT2D eigenvalue weighted by molar-refractivity contribution is 6.30. The number of methoxy groups -OCH3 is 2. The van der Waals surface area contributed by atoms with Crippen LogP contribution in [-0.4, -0.2) is 40.6 Å². The Bertz CT molecular complexity index is 361. The van der Waals surface area contributed by atoms with Gasteiger partial charge in [0.2, 0.25) is 0 Å². The second-order valence-electron chi connectivity index (χ2n) is 4.09. The number of rotatable bonds is 10. The Balaban J connectivity index is 2.17. The summed E-state index contributed by atoms with van der Waals surface area (Å²) in [7, 11) is 3.33. The fourth-order valence-electron chi connectivity index (χ4n) is 1.65. The summed E-state index contributed by atoms with van der Waals surface area (Å²) >= 11 is 5.97. The molecule has 108 valence electrons. The molecule has 0 aliphatic rings. The largest absolute Gasteiger partial charge is 0.496 e. The average molecular weight is 288 g/mol. The quantitative estimate of drug-likeness (QED) is 0.671. The van der Waals surface area contributed by atoms with Crippen molar-refractivity contribution in [3.8, 4) is 5.75 Å². The zero-order valence-electron chi connectivity index (χ0n) is 11.6. The lowest BCUT2D eigenvalue weighted by Gasteiger charge is -2.10. The molecular formula is C14H22ClNO3. The van der Waals surface area contributed by atoms with Gasteiger partial charge in [-0.2, -0.15) is 0 Å². The first-order chi connectivity index (χ1) is 9.27. The summed E-state index contributed by atoms with van der Waals surface area (Å²) in [5.74, 6) is 0.855. The van der Waals surface area contributed by atoms with Gasteiger partial charge in [0.05, 0.1) is 20.3 Å². The molecule has 0 saturated heterocycles. The van der Waals surface area contributed by atoms with E-state index in [1.54, 1.807) is 14.2 Å². The van der Waals surface area contributed by atoms with Gasteiger partial charge in [0.25, 0.3) is 0 Å². The topological polar surface area (TPSA) is 39.7 Å². The van der Waals surface area contributed by atoms with Crippen molar-refractivity contribution in [2.45, 2.75) is 13.0 Å². The summed E-state index contributed by atoms with van der Waals surface area (Å²) in [6.45, 7) is 3.67. The summed E-state index contributed by atoms with van der Waals surface area (Å²) in [5.41, 5.74) is 1.07. The van der Waals surface area contributed by atoms with Crippen LogP contribution in [0.2, 0.25) is 5.02 Å². The molecule has 0 aliphatic carbocycles. The molecule has 0 unspecified atom stereocenters. The first kappa shape index (κ1) is 16.2. The van der Waals surface area contributed by atoms with Gasteiger partial charge in [-0.3, -0.25) is 0 Å². The molecule has 0 fully saturated rings. The lowest BCUT2D eigenvalue weighted by atomic mass is 10.2. The molecule has 19 heavy (non-hydrogen) atoms. The minimum absolute atomic E-state index is 0.646. The third kappa shape index (κ3) is 6.78. The molecule has 0 spiro atoms. The van der Waals surface area contributed by atoms with Crippen LogP contribution in [0.5, 0.6) is 5.75 Å². The third-order valence-electron chi connectivity index (χ3n) is 2.63. The lowest BCUT2D eigenvalue weighted by Crippen LogP contribution is -2.17. The average Bonchev–Trinajstić information content (AvgIpc) is 2.42. The van der Waals surface area contributed by atoms with Gasteiger partial charge in [0.15, 0.2) is 0 Å². The number of halogens is 1. The van der Waals surface area contributed by atoms with Gasteiger partial charge >= 0.3 is 0 Å². The fraction of sp³-hybridized carbons (Fsp3) is 0.571. The number of hydrogen-bond donors (Lipinski definition) is 1. The summed E-state index contributed by atoms with van der Waals surface area (Å²) in [4.78, 5) is 0. The summed E-state index contributed by atoms with van der Waals surface area (Å²) in [6, 6.07) is 5.63. The Hall–Kier alpha value is -0.810. The zero-order valence-corrected chi connectivity index (χ0v) is 12.3. The van der Waals surface area contributed by atoms with Gasteiger partial charge in [-0.1, -0.05) is 11.6 Å². The van der Waals surface area contributed by atoms with Gasteiger partial charge in [-0.15, -0.1) is 0 Å². The third-order valence-corrected chi connectivity index (χ3v) is 2.87. The van der Waals surface area contributed by atoms with Crippen molar-refractivity contribution in [3.05, 3.63) is 28.8 Å². The smallest absolute Gasteiger partial charge is 0.123 e. The van der Waals surface area contributed by atoms with Crippen LogP contribution >= 0.6 is 11.6 Å². The van der Waals surface area contributed by atoms with E-state index in [2.05, 4.69) is 5.32 Å². The van der Waals surface area contributed by atoms with Gasteiger partial charge in [0.1, 0.15) is 5.75 Å². The molecule has 0 amide bonds. The predicted octanol–water partition coefficient (Wildman–Crippen LogP) is 2.49. The molecule has 0 heterocycles. The highest BCUT2D eigenvalue weighted by atomic mass is 35.5. The van der Waals surface area contributed by atoms with Crippen molar-refractivity contribution in [2.24, 2.45) is 0 Å². The Kier molecular flexibility index (Phi) is 8.58. The number of ether oxygens (including phenoxy) is 3. The molecule has 1 aromatic carbocycles. The van der Waals surface area contributed by atoms with E-state index in [0.717, 1.165) is 42.5 Å². The Morgan fingerprint density at radius 3 is 2.74 bits per heavy atom. The molecule has 0 bridgehead atoms. The van der Waals surface area contributed by atoms with Crippen molar-refractivity contribution in [1.82, 2.24) is 5.32 Å². The normalized spacial score (nSPS) is 10.7. The molecule has 0 aliphatic heterocycles. The van der Waals surface area contributed by atoms with Gasteiger partial charge in [-0.05, 0) is 31.2 Å². The van der Waals surface area contributed by atoms with E-state index in [1.165, 1.54) is 0 Å². The van der Waals surface area contributed by atoms with Crippen molar-refractivity contribution in [2.75, 3.05) is 40.6 Å². The Morgan fingerprint density at radius 1 is 1.16 bits per heavy atom. The number of benzene rings is 1. The highest BCUT2D eigenvalue weighted by Crippen LogP contribution is 2.22. The lowest BCUT2D eigenvalue weighted by molar-refractivity contribution is 0.0694. The molecule has 1 aromatic rings. The van der Waals surface area contributed by atoms with E-state index >= 15 is 0 Å². The predicted molar refractivity (Wildman–Crippen MR) is 77.0 cm³/mol. The van der Waals surface area contributed by atoms with E-state index in [-0.39, 0.29) is 0 Å². The van der Waals surface area contributed by atoms with E-state index in [0.29, 0.717) is 13.2 Å². The zero-order chi connectivity index (χ0) is 13.9. The van der Waals surface area contributed by atoms with Crippen LogP contribution in [0.3, 0.4) is 0 Å². The van der Waals surface area contributed by atoms with Gasteiger partial charge in [0, 0.05) is 30.8 Å². The molecule has 5 heteroatoms. The van der Waals surface area contributed by atoms with Crippen LogP contribution in [0.25, 0.3) is 0 Å². The maximum absolute atomic E-state index is 5.97. The van der Waals surface area contributed by atoms with Crippen LogP contribution in [0.15, 0.2) is 18.2 Å². The molecule has 0 saturated carbocycles. The minimum Gasteiger partial charge on any atom is -0.496 e. The van der Waals surface area contributed by atoms with Gasteiger partial charge < -0.3 is 19.5 Å². The van der Waals surface area contributed by atoms with Crippen molar-refractivity contribution >= 4 is 11.6 Å². The van der Waals surface area contributed by atoms with Crippen LogP contribution in [0, 0.1) is 0 Å². The van der Waals surface area contributed by atoms with Crippen LogP contribution in [-0.2, 0) is 16.0 Å². The molecule has 0 atom stereocenters. The number of hydrogen-bond acceptors (Lipinski definition) is 4. The van der Waals surface area contributed by atoms with Crippen LogP contribution in [0.4, 0.5) is 0 Å². The SMILES string of the molecule is COCCOCCCNCc1cc(Cl)ccc1OC. The molecule has 1 rings (SSSR count). The Morgan fingerprint density at radius 2 is 2.00 bits per heavy atom. The molecule has 0 radical (unpaired) electrons. The van der Waals surface area contributed by atoms with Crippen molar-refractivity contribution in [3.63, 3.8) is 0 Å². The monoisotopic (exact) mass is 287 g/mol. The van der Waals surface area contributed by atoms with Crippen LogP contribution in [0.1, 0.15) is 12.0 Å². The van der Waals surface area contributed by atoms with E-state index < -0.39 is 0 Å². The summed E-state index contributed by atoms with van der Waals surface area (Å²) < 4.78 is 15.6. The highest BCUT2D eigenvalue weighted by Gasteiger charge is 2.03. The first-order valence-electron chi connectivity index (χ1n) is 6.37. The van der Waals surface area contributed by atoms with E-state index in [4.69, 9.17) is 25.8 Å². The number of nitrogens with one attached hydrogen (secondary N) is 1. The standard InChI is InChI=1S/C14H22ClNO3/c1-17-8-9-19-7-3-6-16-11-12-10-13(15)4-5-14(12)18-2/h4-5,10,16H,3,6-9,11H2,1-2H3. The maximum atomic E-state index is 5.97. The first-order valence-corrected chi connectivity index (χ1v) is 6.75. The van der Waals surface area contributed by atoms with Crippen molar-refractivity contribution < 1.29 is 14.2 Å².